The average molecular weight is 214 g/mol. The molecule has 0 aromatic heterocycles. The van der Waals surface area contributed by atoms with Crippen molar-refractivity contribution in [2.75, 3.05) is 6.54 Å². The van der Waals surface area contributed by atoms with Gasteiger partial charge in [0, 0.05) is 12.6 Å². The second-order valence-corrected chi connectivity index (χ2v) is 3.50. The summed E-state index contributed by atoms with van der Waals surface area (Å²) in [4.78, 5) is 0. The Morgan fingerprint density at radius 3 is 2.93 bits per heavy atom. The molecule has 0 saturated heterocycles. The first-order valence-corrected chi connectivity index (χ1v) is 4.82. The molecule has 0 fully saturated rings. The molecule has 0 saturated carbocycles. The molecule has 0 spiro atoms. The van der Waals surface area contributed by atoms with Crippen LogP contribution in [0.5, 0.6) is 0 Å². The first-order valence-electron chi connectivity index (χ1n) is 4.44. The molecule has 1 atom stereocenters. The van der Waals surface area contributed by atoms with Crippen LogP contribution in [0.25, 0.3) is 0 Å². The van der Waals surface area contributed by atoms with Gasteiger partial charge in [-0.05, 0) is 24.6 Å². The van der Waals surface area contributed by atoms with Gasteiger partial charge in [-0.15, -0.1) is 6.58 Å². The third-order valence-electron chi connectivity index (χ3n) is 2.01. The molecule has 1 aromatic rings. The second-order valence-electron chi connectivity index (χ2n) is 3.09. The molecule has 0 aliphatic carbocycles. The molecule has 0 heterocycles. The van der Waals surface area contributed by atoms with Gasteiger partial charge in [0.2, 0.25) is 0 Å². The Hall–Kier alpha value is -0.860. The molecule has 3 heteroatoms. The highest BCUT2D eigenvalue weighted by atomic mass is 35.5. The second kappa shape index (κ2) is 5.13. The van der Waals surface area contributed by atoms with Crippen LogP contribution in [0.1, 0.15) is 18.5 Å². The zero-order valence-corrected chi connectivity index (χ0v) is 8.81. The van der Waals surface area contributed by atoms with Crippen molar-refractivity contribution in [3.05, 3.63) is 47.3 Å². The monoisotopic (exact) mass is 213 g/mol. The zero-order chi connectivity index (χ0) is 10.6. The van der Waals surface area contributed by atoms with Gasteiger partial charge in [-0.25, -0.2) is 4.39 Å². The lowest BCUT2D eigenvalue weighted by Crippen LogP contribution is -2.18. The fourth-order valence-corrected chi connectivity index (χ4v) is 1.35. The molecule has 1 unspecified atom stereocenters. The van der Waals surface area contributed by atoms with Gasteiger partial charge >= 0.3 is 0 Å². The highest BCUT2D eigenvalue weighted by Crippen LogP contribution is 2.20. The molecule has 0 radical (unpaired) electrons. The Morgan fingerprint density at radius 1 is 1.64 bits per heavy atom. The van der Waals surface area contributed by atoms with Crippen LogP contribution in [0.15, 0.2) is 30.9 Å². The van der Waals surface area contributed by atoms with E-state index in [9.17, 15) is 4.39 Å². The van der Waals surface area contributed by atoms with E-state index in [-0.39, 0.29) is 16.9 Å². The molecule has 1 aromatic carbocycles. The van der Waals surface area contributed by atoms with Crippen LogP contribution in [0.2, 0.25) is 5.02 Å². The molecule has 76 valence electrons. The minimum absolute atomic E-state index is 0.145. The van der Waals surface area contributed by atoms with Crippen LogP contribution in [0.3, 0.4) is 0 Å². The lowest BCUT2D eigenvalue weighted by Gasteiger charge is -2.12. The number of nitrogens with one attached hydrogen (secondary N) is 1. The normalized spacial score (nSPS) is 12.5. The van der Waals surface area contributed by atoms with Gasteiger partial charge < -0.3 is 5.32 Å². The van der Waals surface area contributed by atoms with Gasteiger partial charge in [-0.1, -0.05) is 23.7 Å². The minimum Gasteiger partial charge on any atom is -0.307 e. The van der Waals surface area contributed by atoms with Crippen molar-refractivity contribution in [2.24, 2.45) is 0 Å². The summed E-state index contributed by atoms with van der Waals surface area (Å²) in [7, 11) is 0. The Bertz CT molecular complexity index is 325. The Kier molecular flexibility index (Phi) is 4.11. The molecule has 14 heavy (non-hydrogen) atoms. The number of benzene rings is 1. The molecule has 1 rings (SSSR count). The number of rotatable bonds is 4. The largest absolute Gasteiger partial charge is 0.307 e. The predicted octanol–water partition coefficient (Wildman–Crippen LogP) is 3.32. The van der Waals surface area contributed by atoms with Gasteiger partial charge in [0.15, 0.2) is 0 Å². The smallest absolute Gasteiger partial charge is 0.141 e. The lowest BCUT2D eigenvalue weighted by molar-refractivity contribution is 0.606. The Balaban J connectivity index is 2.75. The maximum absolute atomic E-state index is 12.8. The van der Waals surface area contributed by atoms with E-state index >= 15 is 0 Å². The van der Waals surface area contributed by atoms with Gasteiger partial charge in [0.05, 0.1) is 5.02 Å². The summed E-state index contributed by atoms with van der Waals surface area (Å²) in [5.74, 6) is -0.383. The van der Waals surface area contributed by atoms with E-state index in [0.29, 0.717) is 0 Å². The van der Waals surface area contributed by atoms with E-state index in [1.807, 2.05) is 6.92 Å². The summed E-state index contributed by atoms with van der Waals surface area (Å²) >= 11 is 5.67. The fraction of sp³-hybridized carbons (Fsp3) is 0.273. The van der Waals surface area contributed by atoms with E-state index in [2.05, 4.69) is 11.9 Å². The minimum atomic E-state index is -0.383. The van der Waals surface area contributed by atoms with E-state index in [1.54, 1.807) is 18.2 Å². The maximum Gasteiger partial charge on any atom is 0.141 e. The average Bonchev–Trinajstić information content (AvgIpc) is 2.18. The number of halogens is 2. The van der Waals surface area contributed by atoms with Crippen LogP contribution in [-0.4, -0.2) is 6.54 Å². The van der Waals surface area contributed by atoms with Gasteiger partial charge in [0.25, 0.3) is 0 Å². The first-order chi connectivity index (χ1) is 6.65. The van der Waals surface area contributed by atoms with Gasteiger partial charge in [-0.2, -0.15) is 0 Å². The van der Waals surface area contributed by atoms with Crippen LogP contribution in [-0.2, 0) is 0 Å². The highest BCUT2D eigenvalue weighted by Gasteiger charge is 2.06. The molecule has 0 aliphatic heterocycles. The van der Waals surface area contributed by atoms with Crippen molar-refractivity contribution in [3.63, 3.8) is 0 Å². The van der Waals surface area contributed by atoms with Crippen molar-refractivity contribution in [1.29, 1.82) is 0 Å². The summed E-state index contributed by atoms with van der Waals surface area (Å²) in [6.07, 6.45) is 1.78. The summed E-state index contributed by atoms with van der Waals surface area (Å²) in [6.45, 7) is 6.32. The molecule has 0 bridgehead atoms. The summed E-state index contributed by atoms with van der Waals surface area (Å²) in [6, 6.07) is 4.88. The van der Waals surface area contributed by atoms with Crippen molar-refractivity contribution >= 4 is 11.6 Å². The summed E-state index contributed by atoms with van der Waals surface area (Å²) in [5, 5.41) is 3.36. The van der Waals surface area contributed by atoms with Crippen LogP contribution >= 0.6 is 11.6 Å². The standard InChI is InChI=1S/C11H13ClFN/c1-3-6-14-8(2)9-4-5-11(13)10(12)7-9/h3-5,7-8,14H,1,6H2,2H3. The summed E-state index contributed by atoms with van der Waals surface area (Å²) in [5.41, 5.74) is 0.971. The van der Waals surface area contributed by atoms with E-state index in [4.69, 9.17) is 11.6 Å². The lowest BCUT2D eigenvalue weighted by atomic mass is 10.1. The molecule has 0 aliphatic rings. The fourth-order valence-electron chi connectivity index (χ4n) is 1.16. The Labute approximate surface area is 88.6 Å². The topological polar surface area (TPSA) is 12.0 Å². The van der Waals surface area contributed by atoms with Crippen LogP contribution < -0.4 is 5.32 Å². The quantitative estimate of drug-likeness (QED) is 0.757. The van der Waals surface area contributed by atoms with Crippen molar-refractivity contribution in [3.8, 4) is 0 Å². The van der Waals surface area contributed by atoms with Crippen molar-refractivity contribution < 1.29 is 4.39 Å². The molecule has 1 N–H and O–H groups in total. The highest BCUT2D eigenvalue weighted by molar-refractivity contribution is 6.30. The molecule has 0 amide bonds. The number of hydrogen-bond donors (Lipinski definition) is 1. The van der Waals surface area contributed by atoms with Gasteiger partial charge in [0.1, 0.15) is 5.82 Å². The third kappa shape index (κ3) is 2.82. The molecule has 1 nitrogen and oxygen atoms in total. The third-order valence-corrected chi connectivity index (χ3v) is 2.30. The predicted molar refractivity (Wildman–Crippen MR) is 58.0 cm³/mol. The zero-order valence-electron chi connectivity index (χ0n) is 8.06. The molecular formula is C11H13ClFN. The van der Waals surface area contributed by atoms with Gasteiger partial charge in [-0.3, -0.25) is 0 Å². The SMILES string of the molecule is C=CCNC(C)c1ccc(F)c(Cl)c1. The Morgan fingerprint density at radius 2 is 2.36 bits per heavy atom. The van der Waals surface area contributed by atoms with Crippen molar-refractivity contribution in [2.45, 2.75) is 13.0 Å². The molecular weight excluding hydrogens is 201 g/mol. The summed E-state index contributed by atoms with van der Waals surface area (Å²) < 4.78 is 12.8. The van der Waals surface area contributed by atoms with E-state index in [0.717, 1.165) is 12.1 Å². The first kappa shape index (κ1) is 11.2. The van der Waals surface area contributed by atoms with Crippen LogP contribution in [0.4, 0.5) is 4.39 Å². The van der Waals surface area contributed by atoms with E-state index in [1.165, 1.54) is 6.07 Å². The maximum atomic E-state index is 12.8. The van der Waals surface area contributed by atoms with Crippen LogP contribution in [0, 0.1) is 5.82 Å². The van der Waals surface area contributed by atoms with Crippen molar-refractivity contribution in [1.82, 2.24) is 5.32 Å². The van der Waals surface area contributed by atoms with E-state index < -0.39 is 0 Å². The number of hydrogen-bond acceptors (Lipinski definition) is 1.